The zero-order valence-electron chi connectivity index (χ0n) is 27.0. The number of hydrogen-bond acceptors (Lipinski definition) is 5. The fourth-order valence-corrected chi connectivity index (χ4v) is 12.0. The summed E-state index contributed by atoms with van der Waals surface area (Å²) >= 11 is 0. The molecule has 3 saturated heterocycles. The van der Waals surface area contributed by atoms with Gasteiger partial charge in [0.2, 0.25) is 11.8 Å². The summed E-state index contributed by atoms with van der Waals surface area (Å²) in [4.78, 5) is 29.7. The highest BCUT2D eigenvalue weighted by molar-refractivity contribution is 5.97. The van der Waals surface area contributed by atoms with Crippen molar-refractivity contribution in [2.75, 3.05) is 39.8 Å². The van der Waals surface area contributed by atoms with Crippen LogP contribution in [0, 0.1) is 52.3 Å². The first-order valence-corrected chi connectivity index (χ1v) is 17.6. The lowest BCUT2D eigenvalue weighted by Gasteiger charge is -2.61. The molecule has 0 aromatic rings. The van der Waals surface area contributed by atoms with Crippen LogP contribution >= 0.6 is 0 Å². The summed E-state index contributed by atoms with van der Waals surface area (Å²) in [6, 6.07) is 0.218. The maximum atomic E-state index is 12.9. The van der Waals surface area contributed by atoms with E-state index in [0.717, 1.165) is 69.8 Å². The second-order valence-electron chi connectivity index (χ2n) is 16.6. The first-order chi connectivity index (χ1) is 20.0. The van der Waals surface area contributed by atoms with Gasteiger partial charge in [0.25, 0.3) is 0 Å². The third-order valence-corrected chi connectivity index (χ3v) is 14.5. The van der Waals surface area contributed by atoms with Gasteiger partial charge in [-0.3, -0.25) is 9.59 Å². The lowest BCUT2D eigenvalue weighted by atomic mass is 9.44. The molecule has 3 aliphatic heterocycles. The topological polar surface area (TPSA) is 71.1 Å². The van der Waals surface area contributed by atoms with Crippen LogP contribution in [-0.2, 0) is 19.1 Å². The van der Waals surface area contributed by atoms with Crippen LogP contribution in [0.1, 0.15) is 98.3 Å². The van der Waals surface area contributed by atoms with Gasteiger partial charge < -0.3 is 24.6 Å². The van der Waals surface area contributed by atoms with E-state index in [1.54, 1.807) is 0 Å². The van der Waals surface area contributed by atoms with Crippen molar-refractivity contribution in [3.05, 3.63) is 0 Å². The first-order valence-electron chi connectivity index (χ1n) is 17.6. The Hall–Kier alpha value is -1.18. The molecule has 2 amide bonds. The summed E-state index contributed by atoms with van der Waals surface area (Å²) in [5.41, 5.74) is 0.737. The molecule has 1 spiro atoms. The summed E-state index contributed by atoms with van der Waals surface area (Å²) in [7, 11) is 2.08. The molecule has 1 N–H and O–H groups in total. The van der Waals surface area contributed by atoms with Crippen LogP contribution in [0.4, 0.5) is 0 Å². The molecule has 7 rings (SSSR count). The van der Waals surface area contributed by atoms with Gasteiger partial charge in [0, 0.05) is 44.6 Å². The van der Waals surface area contributed by atoms with Gasteiger partial charge in [-0.05, 0) is 111 Å². The minimum atomic E-state index is -0.325. The van der Waals surface area contributed by atoms with E-state index < -0.39 is 0 Å². The van der Waals surface area contributed by atoms with Gasteiger partial charge in [0.1, 0.15) is 6.42 Å². The van der Waals surface area contributed by atoms with Gasteiger partial charge in [-0.1, -0.05) is 27.7 Å². The highest BCUT2D eigenvalue weighted by atomic mass is 16.7. The molecule has 236 valence electrons. The summed E-state index contributed by atoms with van der Waals surface area (Å²) in [5, 5.41) is 3.30. The predicted octanol–water partition coefficient (Wildman–Crippen LogP) is 5.08. The fraction of sp³-hybridized carbons (Fsp3) is 0.943. The Kier molecular flexibility index (Phi) is 7.54. The van der Waals surface area contributed by atoms with E-state index in [4.69, 9.17) is 9.47 Å². The highest BCUT2D eigenvalue weighted by Crippen LogP contribution is 2.71. The van der Waals surface area contributed by atoms with Crippen molar-refractivity contribution < 1.29 is 19.1 Å². The Morgan fingerprint density at radius 3 is 2.38 bits per heavy atom. The van der Waals surface area contributed by atoms with Gasteiger partial charge >= 0.3 is 0 Å². The molecule has 0 aromatic heterocycles. The van der Waals surface area contributed by atoms with Crippen molar-refractivity contribution in [2.45, 2.75) is 116 Å². The molecule has 7 heteroatoms. The second-order valence-corrected chi connectivity index (χ2v) is 16.6. The number of rotatable bonds is 3. The fourth-order valence-electron chi connectivity index (χ4n) is 12.0. The van der Waals surface area contributed by atoms with Crippen LogP contribution in [0.25, 0.3) is 0 Å². The SMILES string of the molecule is C[C@@H]1CC[C@@]2(OC1)O[C@H]1C[C@H]3[C@@H]4CC[C@@H]5CC(NC(=O)CC(=O)N6CCN(C)CC6)CC[C@]5(C)[C@H]4CC[C@]3(C)[C@H]1[C@@H]2C. The van der Waals surface area contributed by atoms with Crippen LogP contribution in [0.15, 0.2) is 0 Å². The van der Waals surface area contributed by atoms with Crippen molar-refractivity contribution in [3.8, 4) is 0 Å². The Morgan fingerprint density at radius 2 is 1.64 bits per heavy atom. The van der Waals surface area contributed by atoms with Crippen LogP contribution < -0.4 is 5.32 Å². The molecular formula is C35H57N3O4. The highest BCUT2D eigenvalue weighted by Gasteiger charge is 2.69. The number of fused-ring (bicyclic) bond motifs is 7. The molecule has 0 aromatic carbocycles. The zero-order chi connectivity index (χ0) is 29.4. The number of amides is 2. The van der Waals surface area contributed by atoms with Gasteiger partial charge in [-0.2, -0.15) is 0 Å². The number of carbonyl (C=O) groups excluding carboxylic acids is 2. The summed E-state index contributed by atoms with van der Waals surface area (Å²) in [6.45, 7) is 14.1. The molecule has 0 radical (unpaired) electrons. The average molecular weight is 584 g/mol. The number of hydrogen-bond donors (Lipinski definition) is 1. The van der Waals surface area contributed by atoms with E-state index in [1.165, 1.54) is 44.9 Å². The molecule has 12 atom stereocenters. The number of likely N-dealkylation sites (N-methyl/N-ethyl adjacent to an activating group) is 1. The van der Waals surface area contributed by atoms with Crippen molar-refractivity contribution >= 4 is 11.8 Å². The van der Waals surface area contributed by atoms with E-state index in [1.807, 2.05) is 4.90 Å². The molecule has 7 fully saturated rings. The normalized spacial score (nSPS) is 50.5. The first kappa shape index (κ1) is 29.5. The lowest BCUT2D eigenvalue weighted by molar-refractivity contribution is -0.273. The number of carbonyl (C=O) groups is 2. The monoisotopic (exact) mass is 583 g/mol. The molecule has 7 aliphatic rings. The van der Waals surface area contributed by atoms with Crippen LogP contribution in [0.2, 0.25) is 0 Å². The molecule has 4 saturated carbocycles. The maximum absolute atomic E-state index is 12.9. The standard InChI is InChI=1S/C35H57N3O4/c1-22-8-13-35(41-21-22)23(2)32-29(42-35)19-28-26-7-6-24-18-25(9-11-33(24,3)27(26)10-12-34(28,32)4)36-30(39)20-31(40)38-16-14-37(5)15-17-38/h22-29,32H,6-21H2,1-5H3,(H,36,39)/t22-,23+,24-,25?,26-,27+,28+,29+,32+,33+,34+,35-/m1/s1. The van der Waals surface area contributed by atoms with Gasteiger partial charge in [-0.15, -0.1) is 0 Å². The van der Waals surface area contributed by atoms with Crippen molar-refractivity contribution in [1.29, 1.82) is 0 Å². The molecule has 1 unspecified atom stereocenters. The quantitative estimate of drug-likeness (QED) is 0.469. The molecule has 4 aliphatic carbocycles. The van der Waals surface area contributed by atoms with Crippen LogP contribution in [0.3, 0.4) is 0 Å². The van der Waals surface area contributed by atoms with E-state index in [2.05, 4.69) is 45.0 Å². The van der Waals surface area contributed by atoms with Crippen molar-refractivity contribution in [1.82, 2.24) is 15.1 Å². The smallest absolute Gasteiger partial charge is 0.232 e. The number of nitrogens with one attached hydrogen (secondary N) is 1. The Morgan fingerprint density at radius 1 is 0.881 bits per heavy atom. The van der Waals surface area contributed by atoms with E-state index in [9.17, 15) is 9.59 Å². The molecule has 3 heterocycles. The zero-order valence-corrected chi connectivity index (χ0v) is 27.0. The Balaban J connectivity index is 0.971. The molecular weight excluding hydrogens is 526 g/mol. The maximum Gasteiger partial charge on any atom is 0.232 e. The van der Waals surface area contributed by atoms with Crippen molar-refractivity contribution in [2.24, 2.45) is 52.3 Å². The molecule has 7 nitrogen and oxygen atoms in total. The van der Waals surface area contributed by atoms with Gasteiger partial charge in [0.15, 0.2) is 5.79 Å². The lowest BCUT2D eigenvalue weighted by Crippen LogP contribution is -2.56. The number of ether oxygens (including phenoxy) is 2. The molecule has 0 bridgehead atoms. The third kappa shape index (κ3) is 4.69. The van der Waals surface area contributed by atoms with Crippen molar-refractivity contribution in [3.63, 3.8) is 0 Å². The Bertz CT molecular complexity index is 1050. The largest absolute Gasteiger partial charge is 0.353 e. The van der Waals surface area contributed by atoms with Crippen LogP contribution in [0.5, 0.6) is 0 Å². The van der Waals surface area contributed by atoms with E-state index >= 15 is 0 Å². The second kappa shape index (κ2) is 10.7. The molecule has 42 heavy (non-hydrogen) atoms. The van der Waals surface area contributed by atoms with Gasteiger partial charge in [-0.25, -0.2) is 0 Å². The minimum absolute atomic E-state index is 0.00128. The number of piperazine rings is 1. The van der Waals surface area contributed by atoms with Gasteiger partial charge in [0.05, 0.1) is 12.7 Å². The Labute approximate surface area is 254 Å². The minimum Gasteiger partial charge on any atom is -0.353 e. The van der Waals surface area contributed by atoms with E-state index in [-0.39, 0.29) is 30.1 Å². The van der Waals surface area contributed by atoms with Crippen LogP contribution in [-0.4, -0.2) is 79.4 Å². The summed E-state index contributed by atoms with van der Waals surface area (Å²) in [6.07, 6.45) is 12.5. The van der Waals surface area contributed by atoms with E-state index in [0.29, 0.717) is 40.6 Å². The average Bonchev–Trinajstić information content (AvgIpc) is 3.40. The predicted molar refractivity (Wildman–Crippen MR) is 162 cm³/mol. The number of nitrogens with zero attached hydrogens (tertiary/aromatic N) is 2. The third-order valence-electron chi connectivity index (χ3n) is 14.5. The summed E-state index contributed by atoms with van der Waals surface area (Å²) < 4.78 is 13.5. The summed E-state index contributed by atoms with van der Waals surface area (Å²) in [5.74, 6) is 4.39.